The number of halogens is 1. The summed E-state index contributed by atoms with van der Waals surface area (Å²) in [6, 6.07) is 10.8. The average molecular weight is 377 g/mol. The fourth-order valence-electron chi connectivity index (χ4n) is 3.80. The maximum Gasteiger partial charge on any atom is 0.143 e. The predicted octanol–water partition coefficient (Wildman–Crippen LogP) is 3.84. The van der Waals surface area contributed by atoms with Crippen LogP contribution in [0, 0.1) is 5.82 Å². The first-order valence-corrected chi connectivity index (χ1v) is 9.29. The highest BCUT2D eigenvalue weighted by atomic mass is 19.1. The zero-order valence-electron chi connectivity index (χ0n) is 15.5. The van der Waals surface area contributed by atoms with E-state index in [0.717, 1.165) is 46.4 Å². The Kier molecular flexibility index (Phi) is 4.09. The van der Waals surface area contributed by atoms with E-state index in [1.807, 2.05) is 31.4 Å². The fourth-order valence-corrected chi connectivity index (χ4v) is 3.80. The number of anilines is 3. The highest BCUT2D eigenvalue weighted by molar-refractivity contribution is 6.06. The lowest BCUT2D eigenvalue weighted by molar-refractivity contribution is 0.122. The van der Waals surface area contributed by atoms with E-state index in [1.54, 1.807) is 18.3 Å². The fraction of sp³-hybridized carbons (Fsp3) is 0.238. The number of nitrogens with one attached hydrogen (secondary N) is 1. The predicted molar refractivity (Wildman–Crippen MR) is 109 cm³/mol. The number of hydrogen-bond acceptors (Lipinski definition) is 5. The lowest BCUT2D eigenvalue weighted by atomic mass is 10.2. The first kappa shape index (κ1) is 16.9. The quantitative estimate of drug-likeness (QED) is 0.588. The van der Waals surface area contributed by atoms with Gasteiger partial charge in [-0.3, -0.25) is 4.98 Å². The van der Waals surface area contributed by atoms with Gasteiger partial charge in [-0.2, -0.15) is 0 Å². The molecule has 1 fully saturated rings. The number of hydrogen-bond donors (Lipinski definition) is 1. The number of nitrogens with zero attached hydrogens (tertiary/aromatic N) is 4. The van der Waals surface area contributed by atoms with Crippen molar-refractivity contribution in [3.8, 4) is 0 Å². The molecule has 0 aliphatic carbocycles. The number of aryl methyl sites for hydroxylation is 1. The van der Waals surface area contributed by atoms with Crippen molar-refractivity contribution in [2.24, 2.45) is 7.05 Å². The van der Waals surface area contributed by atoms with Crippen LogP contribution in [0.15, 0.2) is 48.8 Å². The van der Waals surface area contributed by atoms with Crippen molar-refractivity contribution >= 4 is 39.1 Å². The van der Waals surface area contributed by atoms with Crippen LogP contribution >= 0.6 is 0 Å². The number of rotatable bonds is 3. The van der Waals surface area contributed by atoms with Gasteiger partial charge in [0.1, 0.15) is 17.3 Å². The monoisotopic (exact) mass is 377 g/mol. The molecule has 6 nitrogen and oxygen atoms in total. The van der Waals surface area contributed by atoms with Gasteiger partial charge in [-0.05, 0) is 36.4 Å². The van der Waals surface area contributed by atoms with Gasteiger partial charge in [-0.1, -0.05) is 0 Å². The summed E-state index contributed by atoms with van der Waals surface area (Å²) < 4.78 is 21.4. The van der Waals surface area contributed by atoms with Gasteiger partial charge in [0.05, 0.1) is 30.1 Å². The Hall–Kier alpha value is -3.19. The summed E-state index contributed by atoms with van der Waals surface area (Å²) in [6.45, 7) is 2.76. The normalized spacial score (nSPS) is 14.7. The van der Waals surface area contributed by atoms with Crippen LogP contribution in [0.5, 0.6) is 0 Å². The van der Waals surface area contributed by atoms with Crippen molar-refractivity contribution in [1.82, 2.24) is 14.5 Å². The van der Waals surface area contributed by atoms with Gasteiger partial charge in [0.25, 0.3) is 0 Å². The third-order valence-corrected chi connectivity index (χ3v) is 5.22. The maximum absolute atomic E-state index is 13.9. The zero-order valence-corrected chi connectivity index (χ0v) is 15.5. The summed E-state index contributed by atoms with van der Waals surface area (Å²) in [5.74, 6) is 0.462. The lowest BCUT2D eigenvalue weighted by Crippen LogP contribution is -2.36. The maximum atomic E-state index is 13.9. The van der Waals surface area contributed by atoms with Crippen LogP contribution in [0.4, 0.5) is 21.6 Å². The van der Waals surface area contributed by atoms with E-state index in [-0.39, 0.29) is 5.82 Å². The lowest BCUT2D eigenvalue weighted by Gasteiger charge is -2.30. The third kappa shape index (κ3) is 2.84. The number of pyridine rings is 2. The van der Waals surface area contributed by atoms with Crippen molar-refractivity contribution in [3.05, 3.63) is 54.6 Å². The van der Waals surface area contributed by atoms with Crippen LogP contribution in [-0.2, 0) is 11.8 Å². The molecule has 0 spiro atoms. The van der Waals surface area contributed by atoms with Crippen LogP contribution in [0.3, 0.4) is 0 Å². The molecule has 0 bridgehead atoms. The summed E-state index contributed by atoms with van der Waals surface area (Å²) in [4.78, 5) is 11.2. The Morgan fingerprint density at radius 2 is 1.93 bits per heavy atom. The number of benzene rings is 1. The SMILES string of the molecule is Cn1c2ccncc2c2ccc(Nc3ccc(F)cc3N3CCOCC3)nc21. The second kappa shape index (κ2) is 6.76. The van der Waals surface area contributed by atoms with Gasteiger partial charge in [-0.15, -0.1) is 0 Å². The Morgan fingerprint density at radius 3 is 2.79 bits per heavy atom. The van der Waals surface area contributed by atoms with Crippen LogP contribution in [0.1, 0.15) is 0 Å². The Balaban J connectivity index is 1.55. The molecule has 0 saturated carbocycles. The molecule has 142 valence electrons. The molecule has 0 atom stereocenters. The summed E-state index contributed by atoms with van der Waals surface area (Å²) in [6.07, 6.45) is 3.65. The third-order valence-electron chi connectivity index (χ3n) is 5.22. The topological polar surface area (TPSA) is 55.2 Å². The number of ether oxygens (including phenoxy) is 1. The minimum atomic E-state index is -0.253. The molecule has 1 N–H and O–H groups in total. The van der Waals surface area contributed by atoms with E-state index < -0.39 is 0 Å². The van der Waals surface area contributed by atoms with Gasteiger partial charge in [-0.25, -0.2) is 9.37 Å². The summed E-state index contributed by atoms with van der Waals surface area (Å²) in [7, 11) is 2.00. The molecule has 0 radical (unpaired) electrons. The molecule has 1 aliphatic heterocycles. The largest absolute Gasteiger partial charge is 0.378 e. The first-order valence-electron chi connectivity index (χ1n) is 9.29. The summed E-state index contributed by atoms with van der Waals surface area (Å²) >= 11 is 0. The molecular formula is C21H20FN5O. The van der Waals surface area contributed by atoms with Crippen LogP contribution in [0.2, 0.25) is 0 Å². The number of fused-ring (bicyclic) bond motifs is 3. The van der Waals surface area contributed by atoms with Crippen molar-refractivity contribution in [2.45, 2.75) is 0 Å². The number of morpholine rings is 1. The minimum Gasteiger partial charge on any atom is -0.378 e. The summed E-state index contributed by atoms with van der Waals surface area (Å²) in [5, 5.41) is 5.51. The smallest absolute Gasteiger partial charge is 0.143 e. The van der Waals surface area contributed by atoms with Gasteiger partial charge in [0.2, 0.25) is 0 Å². The van der Waals surface area contributed by atoms with E-state index in [2.05, 4.69) is 19.8 Å². The molecule has 4 aromatic rings. The van der Waals surface area contributed by atoms with Crippen LogP contribution in [0.25, 0.3) is 21.9 Å². The van der Waals surface area contributed by atoms with Crippen molar-refractivity contribution in [2.75, 3.05) is 36.5 Å². The average Bonchev–Trinajstić information content (AvgIpc) is 3.02. The molecule has 0 amide bonds. The van der Waals surface area contributed by atoms with Gasteiger partial charge < -0.3 is 19.5 Å². The zero-order chi connectivity index (χ0) is 19.1. The van der Waals surface area contributed by atoms with E-state index in [0.29, 0.717) is 19.0 Å². The molecular weight excluding hydrogens is 357 g/mol. The molecule has 1 saturated heterocycles. The van der Waals surface area contributed by atoms with Crippen molar-refractivity contribution in [1.29, 1.82) is 0 Å². The second-order valence-electron chi connectivity index (χ2n) is 6.91. The Bertz CT molecular complexity index is 1170. The van der Waals surface area contributed by atoms with E-state index in [9.17, 15) is 4.39 Å². The number of aromatic nitrogens is 3. The van der Waals surface area contributed by atoms with E-state index in [4.69, 9.17) is 9.72 Å². The first-order chi connectivity index (χ1) is 13.7. The van der Waals surface area contributed by atoms with Gasteiger partial charge in [0.15, 0.2) is 0 Å². The van der Waals surface area contributed by atoms with E-state index >= 15 is 0 Å². The molecule has 7 heteroatoms. The van der Waals surface area contributed by atoms with Gasteiger partial charge >= 0.3 is 0 Å². The van der Waals surface area contributed by atoms with E-state index in [1.165, 1.54) is 6.07 Å². The Labute approximate surface area is 161 Å². The molecule has 1 aliphatic rings. The minimum absolute atomic E-state index is 0.253. The van der Waals surface area contributed by atoms with Gasteiger partial charge in [0, 0.05) is 43.3 Å². The second-order valence-corrected chi connectivity index (χ2v) is 6.91. The summed E-state index contributed by atoms with van der Waals surface area (Å²) in [5.41, 5.74) is 3.62. The molecule has 4 heterocycles. The standard InChI is InChI=1S/C21H20FN5O/c1-26-18-6-7-23-13-16(18)15-3-5-20(25-21(15)26)24-17-4-2-14(22)12-19(17)27-8-10-28-11-9-27/h2-7,12-13H,8-11H2,1H3,(H,24,25). The Morgan fingerprint density at radius 1 is 1.07 bits per heavy atom. The molecule has 5 rings (SSSR count). The van der Waals surface area contributed by atoms with Crippen LogP contribution in [-0.4, -0.2) is 40.8 Å². The van der Waals surface area contributed by atoms with Crippen molar-refractivity contribution in [3.63, 3.8) is 0 Å². The molecule has 3 aromatic heterocycles. The van der Waals surface area contributed by atoms with Crippen LogP contribution < -0.4 is 10.2 Å². The molecule has 0 unspecified atom stereocenters. The molecule has 1 aromatic carbocycles. The van der Waals surface area contributed by atoms with Crippen molar-refractivity contribution < 1.29 is 9.13 Å². The highest BCUT2D eigenvalue weighted by Gasteiger charge is 2.17. The molecule has 28 heavy (non-hydrogen) atoms. The highest BCUT2D eigenvalue weighted by Crippen LogP contribution is 2.32.